The molecule has 3 rings (SSSR count). The van der Waals surface area contributed by atoms with E-state index in [0.29, 0.717) is 31.2 Å². The molecule has 160 valence electrons. The van der Waals surface area contributed by atoms with Crippen LogP contribution in [0.25, 0.3) is 0 Å². The van der Waals surface area contributed by atoms with Gasteiger partial charge in [0, 0.05) is 26.2 Å². The first-order valence-corrected chi connectivity index (χ1v) is 11.1. The summed E-state index contributed by atoms with van der Waals surface area (Å²) in [6.07, 6.45) is 6.00. The van der Waals surface area contributed by atoms with E-state index < -0.39 is 17.7 Å². The summed E-state index contributed by atoms with van der Waals surface area (Å²) in [6, 6.07) is -0.885. The zero-order valence-electron chi connectivity index (χ0n) is 16.6. The molecule has 2 aliphatic heterocycles. The molecule has 9 nitrogen and oxygen atoms in total. The van der Waals surface area contributed by atoms with Crippen molar-refractivity contribution in [3.8, 4) is 0 Å². The summed E-state index contributed by atoms with van der Waals surface area (Å²) in [7, 11) is 1.56. The highest BCUT2D eigenvalue weighted by atomic mass is 32.2. The molecule has 1 aliphatic carbocycles. The number of amides is 3. The Bertz CT molecular complexity index is 686. The van der Waals surface area contributed by atoms with Crippen LogP contribution in [0.1, 0.15) is 44.9 Å². The molecule has 0 aromatic carbocycles. The van der Waals surface area contributed by atoms with Gasteiger partial charge in [-0.15, -0.1) is 5.10 Å². The molecule has 29 heavy (non-hydrogen) atoms. The monoisotopic (exact) mass is 424 g/mol. The van der Waals surface area contributed by atoms with Crippen LogP contribution >= 0.6 is 11.8 Å². The van der Waals surface area contributed by atoms with E-state index in [-0.39, 0.29) is 29.4 Å². The number of Topliss-reactive ketones (excluding diaryl/α,β-unsaturated/α-hetero) is 1. The number of nitrogens with one attached hydrogen (secondary N) is 2. The average molecular weight is 425 g/mol. The molecule has 0 aromatic rings. The molecule has 1 saturated carbocycles. The number of rotatable bonds is 6. The van der Waals surface area contributed by atoms with Crippen molar-refractivity contribution in [1.82, 2.24) is 15.6 Å². The fraction of sp³-hybridized carbons (Fsp3) is 0.737. The van der Waals surface area contributed by atoms with Crippen LogP contribution in [0, 0.1) is 11.8 Å². The predicted molar refractivity (Wildman–Crippen MR) is 108 cm³/mol. The van der Waals surface area contributed by atoms with Crippen LogP contribution in [0.2, 0.25) is 0 Å². The van der Waals surface area contributed by atoms with E-state index in [9.17, 15) is 19.2 Å². The van der Waals surface area contributed by atoms with Crippen LogP contribution < -0.4 is 10.7 Å². The van der Waals surface area contributed by atoms with Gasteiger partial charge in [-0.05, 0) is 31.6 Å². The van der Waals surface area contributed by atoms with Crippen molar-refractivity contribution in [2.75, 3.05) is 26.0 Å². The van der Waals surface area contributed by atoms with E-state index in [1.165, 1.54) is 16.7 Å². The molecule has 2 heterocycles. The minimum Gasteiger partial charge on any atom is -0.381 e. The van der Waals surface area contributed by atoms with Gasteiger partial charge in [-0.1, -0.05) is 31.0 Å². The molecule has 1 atom stereocenters. The highest BCUT2D eigenvalue weighted by molar-refractivity contribution is 8.15. The Balaban J connectivity index is 1.66. The van der Waals surface area contributed by atoms with Gasteiger partial charge in [-0.2, -0.15) is 0 Å². The minimum atomic E-state index is -0.885. The van der Waals surface area contributed by atoms with Crippen molar-refractivity contribution in [2.24, 2.45) is 16.9 Å². The van der Waals surface area contributed by atoms with E-state index >= 15 is 0 Å². The lowest BCUT2D eigenvalue weighted by Crippen LogP contribution is -2.53. The highest BCUT2D eigenvalue weighted by Gasteiger charge is 2.36. The maximum absolute atomic E-state index is 12.9. The SMILES string of the molecule is CN1C(=O)CS/C1=N\NC(=O)C(=O)C(NC(=O)C1CCCCC1)C1CCOCC1. The number of hydrogen-bond acceptors (Lipinski definition) is 7. The molecule has 1 unspecified atom stereocenters. The van der Waals surface area contributed by atoms with Gasteiger partial charge in [-0.25, -0.2) is 5.43 Å². The summed E-state index contributed by atoms with van der Waals surface area (Å²) in [5, 5.41) is 7.09. The standard InChI is InChI=1S/C19H28N4O5S/c1-23-14(24)11-29-19(23)22-21-18(27)16(25)15(12-7-9-28-10-8-12)20-17(26)13-5-3-2-4-6-13/h12-13,15H,2-11H2,1H3,(H,20,26)(H,21,27)/b22-19-. The smallest absolute Gasteiger partial charge is 0.309 e. The Morgan fingerprint density at radius 2 is 1.83 bits per heavy atom. The van der Waals surface area contributed by atoms with E-state index in [1.807, 2.05) is 0 Å². The zero-order valence-corrected chi connectivity index (χ0v) is 17.5. The Labute approximate surface area is 174 Å². The van der Waals surface area contributed by atoms with E-state index in [2.05, 4.69) is 15.8 Å². The topological polar surface area (TPSA) is 117 Å². The van der Waals surface area contributed by atoms with Crippen molar-refractivity contribution in [3.05, 3.63) is 0 Å². The Morgan fingerprint density at radius 1 is 1.14 bits per heavy atom. The van der Waals surface area contributed by atoms with Crippen molar-refractivity contribution < 1.29 is 23.9 Å². The third-order valence-electron chi connectivity index (χ3n) is 5.76. The molecule has 3 amide bonds. The fourth-order valence-electron chi connectivity index (χ4n) is 3.91. The Hall–Kier alpha value is -1.94. The van der Waals surface area contributed by atoms with Crippen LogP contribution in [0.3, 0.4) is 0 Å². The number of carbonyl (C=O) groups is 4. The number of amidine groups is 1. The lowest BCUT2D eigenvalue weighted by atomic mass is 9.85. The molecule has 0 aromatic heterocycles. The van der Waals surface area contributed by atoms with E-state index in [1.54, 1.807) is 7.05 Å². The molecular formula is C19H28N4O5S. The quantitative estimate of drug-likeness (QED) is 0.477. The fourth-order valence-corrected chi connectivity index (χ4v) is 4.76. The molecular weight excluding hydrogens is 396 g/mol. The van der Waals surface area contributed by atoms with Crippen LogP contribution in [-0.2, 0) is 23.9 Å². The van der Waals surface area contributed by atoms with Gasteiger partial charge in [0.25, 0.3) is 0 Å². The normalized spacial score (nSPS) is 23.8. The van der Waals surface area contributed by atoms with Crippen molar-refractivity contribution in [2.45, 2.75) is 51.0 Å². The van der Waals surface area contributed by atoms with Crippen LogP contribution in [0.5, 0.6) is 0 Å². The van der Waals surface area contributed by atoms with Crippen molar-refractivity contribution in [3.63, 3.8) is 0 Å². The minimum absolute atomic E-state index is 0.100. The first kappa shape index (κ1) is 21.8. The van der Waals surface area contributed by atoms with Crippen LogP contribution in [-0.4, -0.2) is 65.6 Å². The number of thioether (sulfide) groups is 1. The van der Waals surface area contributed by atoms with Gasteiger partial charge in [0.15, 0.2) is 5.17 Å². The van der Waals surface area contributed by atoms with Gasteiger partial charge in [-0.3, -0.25) is 24.1 Å². The first-order chi connectivity index (χ1) is 14.0. The molecule has 3 fully saturated rings. The highest BCUT2D eigenvalue weighted by Crippen LogP contribution is 2.25. The number of carbonyl (C=O) groups excluding carboxylic acids is 4. The zero-order chi connectivity index (χ0) is 20.8. The summed E-state index contributed by atoms with van der Waals surface area (Å²) in [5.74, 6) is -1.85. The van der Waals surface area contributed by atoms with Gasteiger partial charge in [0.05, 0.1) is 5.75 Å². The number of nitrogens with zero attached hydrogens (tertiary/aromatic N) is 2. The van der Waals surface area contributed by atoms with Crippen LogP contribution in [0.15, 0.2) is 5.10 Å². The first-order valence-electron chi connectivity index (χ1n) is 10.2. The summed E-state index contributed by atoms with van der Waals surface area (Å²) >= 11 is 1.19. The lowest BCUT2D eigenvalue weighted by molar-refractivity contribution is -0.142. The summed E-state index contributed by atoms with van der Waals surface area (Å²) in [5.41, 5.74) is 2.25. The molecule has 0 spiro atoms. The van der Waals surface area contributed by atoms with Crippen LogP contribution in [0.4, 0.5) is 0 Å². The molecule has 2 N–H and O–H groups in total. The maximum Gasteiger partial charge on any atom is 0.309 e. The molecule has 0 radical (unpaired) electrons. The van der Waals surface area contributed by atoms with Gasteiger partial charge in [0.2, 0.25) is 17.6 Å². The van der Waals surface area contributed by atoms with E-state index in [0.717, 1.165) is 32.1 Å². The van der Waals surface area contributed by atoms with Crippen molar-refractivity contribution in [1.29, 1.82) is 0 Å². The molecule has 0 bridgehead atoms. The third kappa shape index (κ3) is 5.57. The largest absolute Gasteiger partial charge is 0.381 e. The van der Waals surface area contributed by atoms with Gasteiger partial charge >= 0.3 is 5.91 Å². The second kappa shape index (κ2) is 10.2. The summed E-state index contributed by atoms with van der Waals surface area (Å²) in [6.45, 7) is 1.00. The summed E-state index contributed by atoms with van der Waals surface area (Å²) < 4.78 is 5.36. The molecule has 10 heteroatoms. The summed E-state index contributed by atoms with van der Waals surface area (Å²) in [4.78, 5) is 50.9. The molecule has 2 saturated heterocycles. The predicted octanol–water partition coefficient (Wildman–Crippen LogP) is 0.640. The maximum atomic E-state index is 12.9. The lowest BCUT2D eigenvalue weighted by Gasteiger charge is -2.31. The average Bonchev–Trinajstić information content (AvgIpc) is 3.08. The second-order valence-electron chi connectivity index (χ2n) is 7.71. The number of ketones is 1. The second-order valence-corrected chi connectivity index (χ2v) is 8.65. The number of ether oxygens (including phenoxy) is 1. The van der Waals surface area contributed by atoms with E-state index in [4.69, 9.17) is 4.74 Å². The number of hydrogen-bond donors (Lipinski definition) is 2. The van der Waals surface area contributed by atoms with Gasteiger partial charge in [0.1, 0.15) is 6.04 Å². The van der Waals surface area contributed by atoms with Crippen molar-refractivity contribution >= 4 is 40.4 Å². The third-order valence-corrected chi connectivity index (χ3v) is 6.77. The Morgan fingerprint density at radius 3 is 2.45 bits per heavy atom. The molecule has 3 aliphatic rings. The number of hydrazone groups is 1. The Kier molecular flexibility index (Phi) is 7.65. The van der Waals surface area contributed by atoms with Gasteiger partial charge < -0.3 is 10.1 Å².